The molecule has 0 bridgehead atoms. The van der Waals surface area contributed by atoms with Crippen molar-refractivity contribution in [3.63, 3.8) is 0 Å². The van der Waals surface area contributed by atoms with Crippen LogP contribution < -0.4 is 9.79 Å². The zero-order valence-electron chi connectivity index (χ0n) is 5.75. The molecule has 0 fully saturated rings. The van der Waals surface area contributed by atoms with Crippen LogP contribution in [0.15, 0.2) is 12.7 Å². The summed E-state index contributed by atoms with van der Waals surface area (Å²) in [4.78, 5) is 18.5. The van der Waals surface area contributed by atoms with Crippen molar-refractivity contribution in [1.29, 1.82) is 0 Å². The Morgan fingerprint density at radius 1 is 1.42 bits per heavy atom. The van der Waals surface area contributed by atoms with E-state index in [4.69, 9.17) is 5.11 Å². The van der Waals surface area contributed by atoms with Gasteiger partial charge in [-0.3, -0.25) is 0 Å². The molecule has 1 radical (unpaired) electrons. The van der Waals surface area contributed by atoms with Gasteiger partial charge in [0.2, 0.25) is 0 Å². The predicted molar refractivity (Wildman–Crippen MR) is 33.6 cm³/mol. The average molecular weight is 255 g/mol. The third-order valence-corrected chi connectivity index (χ3v) is 1.33. The summed E-state index contributed by atoms with van der Waals surface area (Å²) in [5.74, 6) is 0. The molecule has 0 saturated heterocycles. The van der Waals surface area contributed by atoms with E-state index in [1.165, 1.54) is 6.08 Å². The van der Waals surface area contributed by atoms with Gasteiger partial charge in [-0.2, -0.15) is 0 Å². The van der Waals surface area contributed by atoms with Crippen molar-refractivity contribution in [3.05, 3.63) is 12.7 Å². The Kier molecular flexibility index (Phi) is 21.0. The molecule has 0 rings (SSSR count). The molecule has 0 aromatic carbocycles. The minimum absolute atomic E-state index is 0. The standard InChI is InChI=1S/C3H6O.Mn.O5P2/c1-2-3-4;;1-6(2)5-7(3)4/h2,4H,1,3H2;;/q;+2;. The summed E-state index contributed by atoms with van der Waals surface area (Å²) in [5.41, 5.74) is 0. The van der Waals surface area contributed by atoms with Gasteiger partial charge in [-0.1, -0.05) is 6.08 Å². The largest absolute Gasteiger partial charge is 2.00 e. The smallest absolute Gasteiger partial charge is 0.563 e. The van der Waals surface area contributed by atoms with E-state index in [9.17, 15) is 18.9 Å². The van der Waals surface area contributed by atoms with Crippen LogP contribution >= 0.6 is 16.5 Å². The molecule has 6 nitrogen and oxygen atoms in total. The third kappa shape index (κ3) is 31.7. The van der Waals surface area contributed by atoms with Gasteiger partial charge in [-0.05, 0) is 9.13 Å². The second-order valence-electron chi connectivity index (χ2n) is 1.00. The van der Waals surface area contributed by atoms with E-state index >= 15 is 0 Å². The van der Waals surface area contributed by atoms with Crippen molar-refractivity contribution < 1.29 is 45.4 Å². The van der Waals surface area contributed by atoms with Gasteiger partial charge >= 0.3 is 33.6 Å². The number of aliphatic hydroxyl groups is 1. The molecule has 12 heavy (non-hydrogen) atoms. The summed E-state index contributed by atoms with van der Waals surface area (Å²) >= 11 is 0. The summed E-state index contributed by atoms with van der Waals surface area (Å²) in [6.07, 6.45) is 1.43. The van der Waals surface area contributed by atoms with E-state index in [1.54, 1.807) is 0 Å². The van der Waals surface area contributed by atoms with E-state index in [0.29, 0.717) is 0 Å². The Bertz CT molecular complexity index is 138. The minimum atomic E-state index is -3.24. The van der Waals surface area contributed by atoms with E-state index in [1.807, 2.05) is 0 Å². The van der Waals surface area contributed by atoms with Crippen molar-refractivity contribution in [2.75, 3.05) is 6.61 Å². The molecular formula is C3H6MnO6P2+2. The molecule has 0 aromatic rings. The van der Waals surface area contributed by atoms with E-state index in [2.05, 4.69) is 10.9 Å². The van der Waals surface area contributed by atoms with Crippen LogP contribution in [0, 0.1) is 0 Å². The summed E-state index contributed by atoms with van der Waals surface area (Å²) in [6.45, 7) is 3.31. The number of rotatable bonds is 3. The van der Waals surface area contributed by atoms with E-state index in [-0.39, 0.29) is 23.7 Å². The number of hydrogen-bond donors (Lipinski definition) is 1. The molecular weight excluding hydrogens is 249 g/mol. The molecule has 9 heteroatoms. The first-order valence-corrected chi connectivity index (χ1v) is 4.42. The first-order valence-electron chi connectivity index (χ1n) is 2.23. The Morgan fingerprint density at radius 2 is 1.67 bits per heavy atom. The van der Waals surface area contributed by atoms with Crippen LogP contribution in [0.4, 0.5) is 0 Å². The van der Waals surface area contributed by atoms with Crippen molar-refractivity contribution >= 4 is 16.5 Å². The van der Waals surface area contributed by atoms with Crippen LogP contribution in [0.1, 0.15) is 0 Å². The van der Waals surface area contributed by atoms with Gasteiger partial charge in [0.1, 0.15) is 4.31 Å². The molecule has 0 heterocycles. The first kappa shape index (κ1) is 18.2. The van der Waals surface area contributed by atoms with Crippen LogP contribution in [0.2, 0.25) is 0 Å². The predicted octanol–water partition coefficient (Wildman–Crippen LogP) is -0.799. The maximum atomic E-state index is 9.24. The fourth-order valence-electron chi connectivity index (χ4n) is 0.0544. The Labute approximate surface area is 81.6 Å². The molecule has 0 aliphatic rings. The van der Waals surface area contributed by atoms with Gasteiger partial charge < -0.3 is 14.9 Å². The van der Waals surface area contributed by atoms with Gasteiger partial charge in [0.15, 0.2) is 0 Å². The van der Waals surface area contributed by atoms with Gasteiger partial charge in [0, 0.05) is 0 Å². The average Bonchev–Trinajstić information content (AvgIpc) is 1.85. The van der Waals surface area contributed by atoms with Crippen LogP contribution in [-0.2, 0) is 30.5 Å². The maximum Gasteiger partial charge on any atom is 2.00 e. The topological polar surface area (TPSA) is 110 Å². The molecule has 0 saturated carbocycles. The summed E-state index contributed by atoms with van der Waals surface area (Å²) in [6, 6.07) is 0. The first-order chi connectivity index (χ1) is 5.04. The number of hydrogen-bond acceptors (Lipinski definition) is 6. The Hall–Kier alpha value is 0.299. The van der Waals surface area contributed by atoms with Gasteiger partial charge in [0.05, 0.1) is 6.61 Å². The minimum Gasteiger partial charge on any atom is -0.563 e. The quantitative estimate of drug-likeness (QED) is 0.401. The van der Waals surface area contributed by atoms with E-state index < -0.39 is 16.5 Å². The second kappa shape index (κ2) is 13.9. The third-order valence-electron chi connectivity index (χ3n) is 0.262. The molecule has 2 atom stereocenters. The van der Waals surface area contributed by atoms with Crippen LogP contribution in [0.5, 0.6) is 0 Å². The molecule has 0 aromatic heterocycles. The summed E-state index contributed by atoms with van der Waals surface area (Å²) < 4.78 is 21.6. The monoisotopic (exact) mass is 255 g/mol. The van der Waals surface area contributed by atoms with Crippen molar-refractivity contribution in [3.8, 4) is 0 Å². The zero-order valence-corrected chi connectivity index (χ0v) is 8.72. The van der Waals surface area contributed by atoms with Crippen LogP contribution in [0.25, 0.3) is 0 Å². The van der Waals surface area contributed by atoms with Gasteiger partial charge in [0.25, 0.3) is 0 Å². The van der Waals surface area contributed by atoms with Crippen molar-refractivity contribution in [2.45, 2.75) is 0 Å². The Balaban J connectivity index is -0.000000142. The van der Waals surface area contributed by atoms with E-state index in [0.717, 1.165) is 0 Å². The fraction of sp³-hybridized carbons (Fsp3) is 0.333. The number of aliphatic hydroxyl groups excluding tert-OH is 1. The normalized spacial score (nSPS) is 9.92. The molecule has 0 amide bonds. The molecule has 0 spiro atoms. The van der Waals surface area contributed by atoms with Crippen LogP contribution in [0.3, 0.4) is 0 Å². The Morgan fingerprint density at radius 3 is 1.67 bits per heavy atom. The summed E-state index contributed by atoms with van der Waals surface area (Å²) in [5, 5.41) is 7.76. The van der Waals surface area contributed by atoms with Crippen molar-refractivity contribution in [1.82, 2.24) is 0 Å². The summed E-state index contributed by atoms with van der Waals surface area (Å²) in [7, 11) is -6.47. The van der Waals surface area contributed by atoms with Crippen LogP contribution in [-0.4, -0.2) is 11.7 Å². The molecule has 0 aliphatic heterocycles. The maximum absolute atomic E-state index is 9.24. The SMILES string of the molecule is C=CCO.O=[P+]([O-])O[P+](=O)[O-].[Mn+2]. The molecule has 0 aliphatic carbocycles. The van der Waals surface area contributed by atoms with Gasteiger partial charge in [-0.15, -0.1) is 6.58 Å². The van der Waals surface area contributed by atoms with Gasteiger partial charge in [-0.25, -0.2) is 0 Å². The molecule has 1 N–H and O–H groups in total. The molecule has 69 valence electrons. The van der Waals surface area contributed by atoms with Crippen molar-refractivity contribution in [2.24, 2.45) is 0 Å². The second-order valence-corrected chi connectivity index (χ2v) is 2.55. The zero-order chi connectivity index (χ0) is 9.28. The fourth-order valence-corrected chi connectivity index (χ4v) is 0.490. The molecule has 2 unspecified atom stereocenters.